The maximum absolute atomic E-state index is 11.8. The molecular weight excluding hydrogens is 208 g/mol. The first kappa shape index (κ1) is 11.1. The van der Waals surface area contributed by atoms with Gasteiger partial charge >= 0.3 is 0 Å². The Morgan fingerprint density at radius 3 is 2.69 bits per heavy atom. The number of rotatable bonds is 3. The number of carbonyl (C=O) groups excluding carboxylic acids is 1. The molecular formula is C11H16N2O3. The normalized spacial score (nSPS) is 17.9. The molecule has 1 aliphatic rings. The van der Waals surface area contributed by atoms with Crippen molar-refractivity contribution in [2.75, 3.05) is 6.54 Å². The van der Waals surface area contributed by atoms with Crippen molar-refractivity contribution in [1.29, 1.82) is 0 Å². The van der Waals surface area contributed by atoms with Crippen molar-refractivity contribution >= 4 is 5.91 Å². The molecule has 0 radical (unpaired) electrons. The maximum Gasteiger partial charge on any atom is 0.256 e. The van der Waals surface area contributed by atoms with Crippen LogP contribution in [-0.4, -0.2) is 28.3 Å². The summed E-state index contributed by atoms with van der Waals surface area (Å²) >= 11 is 0. The predicted octanol–water partition coefficient (Wildman–Crippen LogP) is 0.936. The number of hydrogen-bond acceptors (Lipinski definition) is 4. The highest BCUT2D eigenvalue weighted by atomic mass is 16.5. The molecule has 0 aromatic carbocycles. The van der Waals surface area contributed by atoms with Gasteiger partial charge in [-0.2, -0.15) is 0 Å². The molecule has 1 aliphatic carbocycles. The molecule has 0 spiro atoms. The Kier molecular flexibility index (Phi) is 2.71. The molecule has 0 atom stereocenters. The Balaban J connectivity index is 1.98. The summed E-state index contributed by atoms with van der Waals surface area (Å²) in [6.45, 7) is 3.73. The largest absolute Gasteiger partial charge is 0.388 e. The number of hydrogen-bond donors (Lipinski definition) is 2. The van der Waals surface area contributed by atoms with Gasteiger partial charge in [-0.05, 0) is 33.1 Å². The smallest absolute Gasteiger partial charge is 0.256 e. The molecule has 5 nitrogen and oxygen atoms in total. The van der Waals surface area contributed by atoms with Crippen LogP contribution >= 0.6 is 0 Å². The molecule has 0 bridgehead atoms. The van der Waals surface area contributed by atoms with E-state index in [0.717, 1.165) is 19.3 Å². The van der Waals surface area contributed by atoms with Crippen LogP contribution in [0.5, 0.6) is 0 Å². The fraction of sp³-hybridized carbons (Fsp3) is 0.636. The monoisotopic (exact) mass is 224 g/mol. The minimum atomic E-state index is -0.700. The molecule has 16 heavy (non-hydrogen) atoms. The van der Waals surface area contributed by atoms with Crippen LogP contribution in [-0.2, 0) is 0 Å². The quantitative estimate of drug-likeness (QED) is 0.801. The first-order valence-electron chi connectivity index (χ1n) is 5.45. The van der Waals surface area contributed by atoms with Crippen molar-refractivity contribution < 1.29 is 14.4 Å². The van der Waals surface area contributed by atoms with Gasteiger partial charge in [-0.1, -0.05) is 5.16 Å². The highest BCUT2D eigenvalue weighted by molar-refractivity contribution is 5.96. The van der Waals surface area contributed by atoms with Crippen LogP contribution in [0.3, 0.4) is 0 Å². The molecule has 88 valence electrons. The van der Waals surface area contributed by atoms with E-state index in [0.29, 0.717) is 23.6 Å². The molecule has 0 saturated heterocycles. The van der Waals surface area contributed by atoms with E-state index in [1.54, 1.807) is 13.8 Å². The molecule has 2 rings (SSSR count). The average Bonchev–Trinajstić information content (AvgIpc) is 2.52. The standard InChI is InChI=1S/C11H16N2O3/c1-7-9(8(2)16-13-7)10(14)12-6-11(15)4-3-5-11/h15H,3-6H2,1-2H3,(H,12,14). The van der Waals surface area contributed by atoms with Crippen LogP contribution in [0.15, 0.2) is 4.52 Å². The third-order valence-electron chi connectivity index (χ3n) is 3.12. The number of nitrogens with one attached hydrogen (secondary N) is 1. The van der Waals surface area contributed by atoms with E-state index >= 15 is 0 Å². The van der Waals surface area contributed by atoms with E-state index in [1.807, 2.05) is 0 Å². The number of carbonyl (C=O) groups is 1. The lowest BCUT2D eigenvalue weighted by molar-refractivity contribution is -0.0300. The van der Waals surface area contributed by atoms with Crippen LogP contribution in [0.1, 0.15) is 41.1 Å². The van der Waals surface area contributed by atoms with Crippen LogP contribution < -0.4 is 5.32 Å². The zero-order chi connectivity index (χ0) is 11.8. The number of aliphatic hydroxyl groups is 1. The van der Waals surface area contributed by atoms with Crippen molar-refractivity contribution in [3.8, 4) is 0 Å². The summed E-state index contributed by atoms with van der Waals surface area (Å²) in [5, 5.41) is 16.3. The number of nitrogens with zero attached hydrogens (tertiary/aromatic N) is 1. The lowest BCUT2D eigenvalue weighted by atomic mass is 9.80. The first-order chi connectivity index (χ1) is 7.52. The second-order valence-electron chi connectivity index (χ2n) is 4.46. The zero-order valence-electron chi connectivity index (χ0n) is 9.54. The van der Waals surface area contributed by atoms with E-state index in [-0.39, 0.29) is 5.91 Å². The van der Waals surface area contributed by atoms with E-state index in [1.165, 1.54) is 0 Å². The van der Waals surface area contributed by atoms with Crippen molar-refractivity contribution in [2.45, 2.75) is 38.7 Å². The zero-order valence-corrected chi connectivity index (χ0v) is 9.54. The molecule has 1 aromatic heterocycles. The molecule has 1 heterocycles. The van der Waals surface area contributed by atoms with Gasteiger partial charge in [0.25, 0.3) is 5.91 Å². The van der Waals surface area contributed by atoms with Crippen molar-refractivity contribution in [1.82, 2.24) is 10.5 Å². The van der Waals surface area contributed by atoms with Gasteiger partial charge < -0.3 is 14.9 Å². The minimum absolute atomic E-state index is 0.225. The molecule has 1 saturated carbocycles. The Morgan fingerprint density at radius 2 is 2.25 bits per heavy atom. The Labute approximate surface area is 93.8 Å². The van der Waals surface area contributed by atoms with Crippen molar-refractivity contribution in [3.63, 3.8) is 0 Å². The summed E-state index contributed by atoms with van der Waals surface area (Å²) in [7, 11) is 0. The number of aromatic nitrogens is 1. The van der Waals surface area contributed by atoms with E-state index in [2.05, 4.69) is 10.5 Å². The third kappa shape index (κ3) is 1.95. The second kappa shape index (κ2) is 3.90. The molecule has 5 heteroatoms. The van der Waals surface area contributed by atoms with Crippen LogP contribution in [0.4, 0.5) is 0 Å². The summed E-state index contributed by atoms with van der Waals surface area (Å²) in [5.74, 6) is 0.284. The van der Waals surface area contributed by atoms with Gasteiger partial charge in [-0.25, -0.2) is 0 Å². The molecule has 2 N–H and O–H groups in total. The summed E-state index contributed by atoms with van der Waals surface area (Å²) in [5.41, 5.74) is 0.354. The number of aryl methyl sites for hydroxylation is 2. The topological polar surface area (TPSA) is 75.4 Å². The van der Waals surface area contributed by atoms with Gasteiger partial charge in [0.05, 0.1) is 11.3 Å². The Hall–Kier alpha value is -1.36. The van der Waals surface area contributed by atoms with Gasteiger partial charge in [0.15, 0.2) is 0 Å². The van der Waals surface area contributed by atoms with Gasteiger partial charge in [0, 0.05) is 6.54 Å². The number of amides is 1. The summed E-state index contributed by atoms with van der Waals surface area (Å²) in [6.07, 6.45) is 2.54. The van der Waals surface area contributed by atoms with Crippen LogP contribution in [0.2, 0.25) is 0 Å². The Bertz CT molecular complexity index is 388. The third-order valence-corrected chi connectivity index (χ3v) is 3.12. The Morgan fingerprint density at radius 1 is 1.56 bits per heavy atom. The van der Waals surface area contributed by atoms with E-state index in [9.17, 15) is 9.90 Å². The SMILES string of the molecule is Cc1noc(C)c1C(=O)NCC1(O)CCC1. The molecule has 1 aromatic rings. The fourth-order valence-electron chi connectivity index (χ4n) is 1.90. The highest BCUT2D eigenvalue weighted by Crippen LogP contribution is 2.30. The first-order valence-corrected chi connectivity index (χ1v) is 5.45. The van der Waals surface area contributed by atoms with Crippen molar-refractivity contribution in [3.05, 3.63) is 17.0 Å². The van der Waals surface area contributed by atoms with Gasteiger partial charge in [0.1, 0.15) is 11.3 Å². The molecule has 1 amide bonds. The lowest BCUT2D eigenvalue weighted by Crippen LogP contribution is -2.47. The van der Waals surface area contributed by atoms with Crippen LogP contribution in [0.25, 0.3) is 0 Å². The average molecular weight is 224 g/mol. The summed E-state index contributed by atoms with van der Waals surface area (Å²) in [4.78, 5) is 11.8. The van der Waals surface area contributed by atoms with E-state index < -0.39 is 5.60 Å². The summed E-state index contributed by atoms with van der Waals surface area (Å²) < 4.78 is 4.92. The van der Waals surface area contributed by atoms with Gasteiger partial charge in [-0.3, -0.25) is 4.79 Å². The predicted molar refractivity (Wildman–Crippen MR) is 57.1 cm³/mol. The maximum atomic E-state index is 11.8. The van der Waals surface area contributed by atoms with Crippen molar-refractivity contribution in [2.24, 2.45) is 0 Å². The van der Waals surface area contributed by atoms with Crippen LogP contribution in [0, 0.1) is 13.8 Å². The fourth-order valence-corrected chi connectivity index (χ4v) is 1.90. The second-order valence-corrected chi connectivity index (χ2v) is 4.46. The van der Waals surface area contributed by atoms with Gasteiger partial charge in [-0.15, -0.1) is 0 Å². The lowest BCUT2D eigenvalue weighted by Gasteiger charge is -2.36. The molecule has 0 unspecified atom stereocenters. The summed E-state index contributed by atoms with van der Waals surface area (Å²) in [6, 6.07) is 0. The highest BCUT2D eigenvalue weighted by Gasteiger charge is 2.34. The molecule has 0 aliphatic heterocycles. The van der Waals surface area contributed by atoms with E-state index in [4.69, 9.17) is 4.52 Å². The minimum Gasteiger partial charge on any atom is -0.388 e. The molecule has 1 fully saturated rings. The van der Waals surface area contributed by atoms with Gasteiger partial charge in [0.2, 0.25) is 0 Å².